The summed E-state index contributed by atoms with van der Waals surface area (Å²) in [5.41, 5.74) is 6.91. The van der Waals surface area contributed by atoms with Gasteiger partial charge in [0.25, 0.3) is 0 Å². The molecule has 4 N–H and O–H groups in total. The van der Waals surface area contributed by atoms with Gasteiger partial charge in [0.05, 0.1) is 17.9 Å². The van der Waals surface area contributed by atoms with Gasteiger partial charge in [0, 0.05) is 6.04 Å². The van der Waals surface area contributed by atoms with Gasteiger partial charge in [-0.1, -0.05) is 25.0 Å². The van der Waals surface area contributed by atoms with Crippen molar-refractivity contribution in [1.29, 1.82) is 0 Å². The van der Waals surface area contributed by atoms with Gasteiger partial charge in [-0.2, -0.15) is 0 Å². The van der Waals surface area contributed by atoms with Crippen molar-refractivity contribution in [3.63, 3.8) is 0 Å². The number of carboxylic acid groups (broad SMARTS) is 1. The molecular formula is C15H21N3O3. The first-order valence-corrected chi connectivity index (χ1v) is 7.17. The molecule has 1 amide bonds. The fourth-order valence-corrected chi connectivity index (χ4v) is 2.68. The predicted molar refractivity (Wildman–Crippen MR) is 81.1 cm³/mol. The molecule has 1 saturated carbocycles. The van der Waals surface area contributed by atoms with Crippen molar-refractivity contribution in [3.05, 3.63) is 24.3 Å². The van der Waals surface area contributed by atoms with Crippen LogP contribution in [-0.4, -0.2) is 36.1 Å². The molecule has 114 valence electrons. The molecule has 6 nitrogen and oxygen atoms in total. The van der Waals surface area contributed by atoms with Crippen molar-refractivity contribution in [2.45, 2.75) is 31.7 Å². The lowest BCUT2D eigenvalue weighted by atomic mass is 10.2. The molecule has 0 heterocycles. The molecule has 0 atom stereocenters. The van der Waals surface area contributed by atoms with Crippen molar-refractivity contribution in [3.8, 4) is 0 Å². The summed E-state index contributed by atoms with van der Waals surface area (Å²) in [7, 11) is 0. The minimum absolute atomic E-state index is 0.00296. The Bertz CT molecular complexity index is 513. The minimum Gasteiger partial charge on any atom is -0.480 e. The Hall–Kier alpha value is -2.24. The molecule has 0 aliphatic heterocycles. The first-order chi connectivity index (χ1) is 10.1. The lowest BCUT2D eigenvalue weighted by Gasteiger charge is -2.24. The molecule has 0 unspecified atom stereocenters. The third kappa shape index (κ3) is 4.37. The number of hydrogen-bond donors (Lipinski definition) is 3. The van der Waals surface area contributed by atoms with Crippen LogP contribution in [0.2, 0.25) is 0 Å². The maximum atomic E-state index is 12.1. The van der Waals surface area contributed by atoms with Gasteiger partial charge in [0.15, 0.2) is 0 Å². The van der Waals surface area contributed by atoms with Crippen LogP contribution in [0.15, 0.2) is 24.3 Å². The molecule has 1 aliphatic carbocycles. The van der Waals surface area contributed by atoms with E-state index in [0.717, 1.165) is 25.7 Å². The van der Waals surface area contributed by atoms with Gasteiger partial charge < -0.3 is 21.1 Å². The van der Waals surface area contributed by atoms with Crippen LogP contribution >= 0.6 is 0 Å². The van der Waals surface area contributed by atoms with Crippen molar-refractivity contribution >= 4 is 23.3 Å². The summed E-state index contributed by atoms with van der Waals surface area (Å²) in [5, 5.41) is 12.0. The van der Waals surface area contributed by atoms with E-state index in [9.17, 15) is 9.59 Å². The van der Waals surface area contributed by atoms with E-state index in [1.165, 1.54) is 4.90 Å². The van der Waals surface area contributed by atoms with Gasteiger partial charge >= 0.3 is 5.97 Å². The number of carboxylic acids is 1. The van der Waals surface area contributed by atoms with Crippen LogP contribution in [0, 0.1) is 0 Å². The summed E-state index contributed by atoms with van der Waals surface area (Å²) in [6.07, 6.45) is 4.27. The molecular weight excluding hydrogens is 270 g/mol. The number of amides is 1. The van der Waals surface area contributed by atoms with Gasteiger partial charge in [-0.15, -0.1) is 0 Å². The zero-order valence-electron chi connectivity index (χ0n) is 11.9. The van der Waals surface area contributed by atoms with Crippen LogP contribution in [0.4, 0.5) is 11.4 Å². The lowest BCUT2D eigenvalue weighted by Crippen LogP contribution is -2.43. The molecule has 1 fully saturated rings. The summed E-state index contributed by atoms with van der Waals surface area (Å²) in [4.78, 5) is 24.6. The van der Waals surface area contributed by atoms with Crippen LogP contribution < -0.4 is 16.0 Å². The number of aliphatic carboxylic acids is 1. The molecule has 0 aromatic heterocycles. The Morgan fingerprint density at radius 1 is 1.24 bits per heavy atom. The Kier molecular flexibility index (Phi) is 5.03. The number of carbonyl (C=O) groups is 2. The molecule has 1 aromatic carbocycles. The van der Waals surface area contributed by atoms with E-state index < -0.39 is 5.97 Å². The van der Waals surface area contributed by atoms with Gasteiger partial charge in [-0.05, 0) is 25.0 Å². The summed E-state index contributed by atoms with van der Waals surface area (Å²) < 4.78 is 0. The van der Waals surface area contributed by atoms with E-state index >= 15 is 0 Å². The molecule has 0 radical (unpaired) electrons. The fraction of sp³-hybridized carbons (Fsp3) is 0.467. The zero-order chi connectivity index (χ0) is 15.2. The zero-order valence-corrected chi connectivity index (χ0v) is 11.9. The van der Waals surface area contributed by atoms with Gasteiger partial charge in [0.1, 0.15) is 6.54 Å². The minimum atomic E-state index is -0.994. The number of nitrogens with one attached hydrogen (secondary N) is 1. The Morgan fingerprint density at radius 3 is 2.52 bits per heavy atom. The van der Waals surface area contributed by atoms with Crippen LogP contribution in [0.5, 0.6) is 0 Å². The third-order valence-corrected chi connectivity index (χ3v) is 3.66. The maximum Gasteiger partial charge on any atom is 0.323 e. The largest absolute Gasteiger partial charge is 0.480 e. The molecule has 0 spiro atoms. The number of benzene rings is 1. The summed E-state index contributed by atoms with van der Waals surface area (Å²) in [6.45, 7) is -0.261. The highest BCUT2D eigenvalue weighted by atomic mass is 16.4. The highest BCUT2D eigenvalue weighted by Crippen LogP contribution is 2.22. The summed E-state index contributed by atoms with van der Waals surface area (Å²) in [6, 6.07) is 7.18. The number of anilines is 2. The second kappa shape index (κ2) is 6.97. The summed E-state index contributed by atoms with van der Waals surface area (Å²) in [5.74, 6) is -1.15. The van der Waals surface area contributed by atoms with Crippen LogP contribution in [0.1, 0.15) is 25.7 Å². The maximum absolute atomic E-state index is 12.1. The van der Waals surface area contributed by atoms with E-state index in [-0.39, 0.29) is 25.0 Å². The molecule has 0 bridgehead atoms. The molecule has 21 heavy (non-hydrogen) atoms. The molecule has 6 heteroatoms. The fourth-order valence-electron chi connectivity index (χ4n) is 2.68. The van der Waals surface area contributed by atoms with E-state index in [2.05, 4.69) is 5.32 Å². The average Bonchev–Trinajstić information content (AvgIpc) is 2.90. The molecule has 0 saturated heterocycles. The monoisotopic (exact) mass is 291 g/mol. The van der Waals surface area contributed by atoms with E-state index in [1.807, 2.05) is 0 Å². The van der Waals surface area contributed by atoms with Crippen LogP contribution in [0.25, 0.3) is 0 Å². The van der Waals surface area contributed by atoms with Gasteiger partial charge in [0.2, 0.25) is 5.91 Å². The molecule has 1 aliphatic rings. The van der Waals surface area contributed by atoms with E-state index in [1.54, 1.807) is 24.3 Å². The number of nitrogen functional groups attached to an aromatic ring is 1. The Balaban J connectivity index is 2.04. The van der Waals surface area contributed by atoms with Gasteiger partial charge in [-0.25, -0.2) is 0 Å². The topological polar surface area (TPSA) is 95.7 Å². The first kappa shape index (κ1) is 15.2. The SMILES string of the molecule is Nc1ccccc1N(CC(=O)O)CC(=O)NC1CCCC1. The lowest BCUT2D eigenvalue weighted by molar-refractivity contribution is -0.135. The quantitative estimate of drug-likeness (QED) is 0.685. The molecule has 2 rings (SSSR count). The van der Waals surface area contributed by atoms with Crippen molar-refractivity contribution < 1.29 is 14.7 Å². The average molecular weight is 291 g/mol. The van der Waals surface area contributed by atoms with Crippen molar-refractivity contribution in [2.75, 3.05) is 23.7 Å². The third-order valence-electron chi connectivity index (χ3n) is 3.66. The van der Waals surface area contributed by atoms with E-state index in [0.29, 0.717) is 11.4 Å². The van der Waals surface area contributed by atoms with Gasteiger partial charge in [-0.3, -0.25) is 9.59 Å². The smallest absolute Gasteiger partial charge is 0.323 e. The van der Waals surface area contributed by atoms with Crippen molar-refractivity contribution in [2.24, 2.45) is 0 Å². The van der Waals surface area contributed by atoms with Crippen LogP contribution in [0.3, 0.4) is 0 Å². The second-order valence-corrected chi connectivity index (χ2v) is 5.36. The van der Waals surface area contributed by atoms with Crippen LogP contribution in [-0.2, 0) is 9.59 Å². The number of hydrogen-bond acceptors (Lipinski definition) is 4. The Labute approximate surface area is 123 Å². The highest BCUT2D eigenvalue weighted by molar-refractivity contribution is 5.86. The number of rotatable bonds is 6. The second-order valence-electron chi connectivity index (χ2n) is 5.36. The predicted octanol–water partition coefficient (Wildman–Crippen LogP) is 1.22. The number of nitrogens with two attached hydrogens (primary N) is 1. The standard InChI is InChI=1S/C15H21N3O3/c16-12-7-3-4-8-13(12)18(10-15(20)21)9-14(19)17-11-5-1-2-6-11/h3-4,7-8,11H,1-2,5-6,9-10,16H2,(H,17,19)(H,20,21). The Morgan fingerprint density at radius 2 is 1.90 bits per heavy atom. The normalized spacial score (nSPS) is 14.9. The number of carbonyl (C=O) groups excluding carboxylic acids is 1. The van der Waals surface area contributed by atoms with E-state index in [4.69, 9.17) is 10.8 Å². The first-order valence-electron chi connectivity index (χ1n) is 7.17. The number of para-hydroxylation sites is 2. The number of nitrogens with zero attached hydrogens (tertiary/aromatic N) is 1. The van der Waals surface area contributed by atoms with Crippen molar-refractivity contribution in [1.82, 2.24) is 5.32 Å². The highest BCUT2D eigenvalue weighted by Gasteiger charge is 2.20. The molecule has 1 aromatic rings. The summed E-state index contributed by atoms with van der Waals surface area (Å²) >= 11 is 0.